The fourth-order valence-electron chi connectivity index (χ4n) is 3.93. The topological polar surface area (TPSA) is 28.6 Å². The minimum absolute atomic E-state index is 0.236. The van der Waals surface area contributed by atoms with Crippen LogP contribution >= 0.6 is 11.3 Å². The molecule has 4 rings (SSSR count). The molecule has 1 atom stereocenters. The first kappa shape index (κ1) is 16.1. The molecule has 2 aromatic rings. The predicted molar refractivity (Wildman–Crippen MR) is 98.7 cm³/mol. The number of thiophene rings is 1. The van der Waals surface area contributed by atoms with E-state index in [2.05, 4.69) is 46.0 Å². The molecule has 0 aromatic carbocycles. The third kappa shape index (κ3) is 3.48. The number of aromatic nitrogens is 1. The van der Waals surface area contributed by atoms with Crippen LogP contribution in [0.25, 0.3) is 0 Å². The van der Waals surface area contributed by atoms with Crippen LogP contribution in [0.5, 0.6) is 0 Å². The lowest BCUT2D eigenvalue weighted by Gasteiger charge is -2.31. The van der Waals surface area contributed by atoms with E-state index in [1.54, 1.807) is 0 Å². The van der Waals surface area contributed by atoms with Gasteiger partial charge in [-0.2, -0.15) is 0 Å². The van der Waals surface area contributed by atoms with E-state index in [1.165, 1.54) is 16.2 Å². The lowest BCUT2D eigenvalue weighted by Crippen LogP contribution is -2.40. The first-order valence-electron chi connectivity index (χ1n) is 8.74. The quantitative estimate of drug-likeness (QED) is 0.856. The highest BCUT2D eigenvalue weighted by Crippen LogP contribution is 2.35. The molecule has 2 aliphatic heterocycles. The molecule has 0 bridgehead atoms. The van der Waals surface area contributed by atoms with Crippen molar-refractivity contribution in [1.29, 1.82) is 0 Å². The second kappa shape index (κ2) is 6.82. The van der Waals surface area contributed by atoms with E-state index in [4.69, 9.17) is 4.74 Å². The van der Waals surface area contributed by atoms with E-state index < -0.39 is 0 Å². The molecule has 4 heterocycles. The van der Waals surface area contributed by atoms with Crippen LogP contribution in [0.3, 0.4) is 0 Å². The molecule has 0 amide bonds. The molecule has 2 fully saturated rings. The molecule has 2 aliphatic rings. The first-order valence-corrected chi connectivity index (χ1v) is 9.56. The zero-order valence-corrected chi connectivity index (χ0v) is 15.1. The molecule has 2 aromatic heterocycles. The highest BCUT2D eigenvalue weighted by Gasteiger charge is 2.41. The number of aryl methyl sites for hydroxylation is 1. The molecular weight excluding hydrogens is 318 g/mol. The van der Waals surface area contributed by atoms with Crippen molar-refractivity contribution < 1.29 is 4.74 Å². The number of hydrogen-bond acceptors (Lipinski definition) is 5. The molecule has 128 valence electrons. The van der Waals surface area contributed by atoms with Crippen molar-refractivity contribution in [2.24, 2.45) is 5.41 Å². The molecule has 0 radical (unpaired) electrons. The Labute approximate surface area is 148 Å². The normalized spacial score (nSPS) is 25.3. The molecule has 1 spiro atoms. The third-order valence-electron chi connectivity index (χ3n) is 5.11. The van der Waals surface area contributed by atoms with Crippen molar-refractivity contribution in [3.05, 3.63) is 46.3 Å². The number of ether oxygens (including phenoxy) is 1. The summed E-state index contributed by atoms with van der Waals surface area (Å²) in [5.74, 6) is 1.10. The summed E-state index contributed by atoms with van der Waals surface area (Å²) < 4.78 is 6.00. The average Bonchev–Trinajstić information content (AvgIpc) is 3.13. The minimum Gasteiger partial charge on any atom is -0.379 e. The van der Waals surface area contributed by atoms with Gasteiger partial charge < -0.3 is 9.64 Å². The lowest BCUT2D eigenvalue weighted by molar-refractivity contribution is 0.0798. The highest BCUT2D eigenvalue weighted by atomic mass is 32.1. The van der Waals surface area contributed by atoms with Gasteiger partial charge in [0.15, 0.2) is 0 Å². The molecule has 0 unspecified atom stereocenters. The van der Waals surface area contributed by atoms with Gasteiger partial charge in [-0.3, -0.25) is 4.90 Å². The summed E-state index contributed by atoms with van der Waals surface area (Å²) in [4.78, 5) is 12.4. The van der Waals surface area contributed by atoms with Crippen LogP contribution in [0, 0.1) is 12.3 Å². The predicted octanol–water partition coefficient (Wildman–Crippen LogP) is 3.18. The molecule has 24 heavy (non-hydrogen) atoms. The summed E-state index contributed by atoms with van der Waals surface area (Å²) in [5.41, 5.74) is 0.236. The summed E-state index contributed by atoms with van der Waals surface area (Å²) in [6.07, 6.45) is 3.07. The molecule has 5 heteroatoms. The summed E-state index contributed by atoms with van der Waals surface area (Å²) in [6, 6.07) is 10.7. The van der Waals surface area contributed by atoms with Gasteiger partial charge in [0.1, 0.15) is 5.82 Å². The van der Waals surface area contributed by atoms with Crippen molar-refractivity contribution in [1.82, 2.24) is 9.88 Å². The van der Waals surface area contributed by atoms with E-state index in [0.717, 1.165) is 51.8 Å². The largest absolute Gasteiger partial charge is 0.379 e. The zero-order valence-electron chi connectivity index (χ0n) is 14.3. The van der Waals surface area contributed by atoms with Gasteiger partial charge in [-0.05, 0) is 37.6 Å². The van der Waals surface area contributed by atoms with Crippen LogP contribution in [-0.4, -0.2) is 49.3 Å². The van der Waals surface area contributed by atoms with E-state index in [9.17, 15) is 0 Å². The van der Waals surface area contributed by atoms with Crippen molar-refractivity contribution in [2.75, 3.05) is 44.3 Å². The molecule has 0 saturated carbocycles. The summed E-state index contributed by atoms with van der Waals surface area (Å²) in [5, 5.41) is 0. The average molecular weight is 343 g/mol. The van der Waals surface area contributed by atoms with Gasteiger partial charge in [0, 0.05) is 54.1 Å². The van der Waals surface area contributed by atoms with Crippen molar-refractivity contribution >= 4 is 17.2 Å². The van der Waals surface area contributed by atoms with Crippen molar-refractivity contribution in [3.63, 3.8) is 0 Å². The first-order chi connectivity index (χ1) is 11.7. The maximum absolute atomic E-state index is 6.00. The monoisotopic (exact) mass is 343 g/mol. The second-order valence-corrected chi connectivity index (χ2v) is 8.51. The lowest BCUT2D eigenvalue weighted by atomic mass is 9.87. The Bertz CT molecular complexity index is 674. The molecule has 0 N–H and O–H groups in total. The van der Waals surface area contributed by atoms with E-state index in [-0.39, 0.29) is 5.41 Å². The Kier molecular flexibility index (Phi) is 4.57. The number of pyridine rings is 1. The summed E-state index contributed by atoms with van der Waals surface area (Å²) in [6.45, 7) is 9.22. The van der Waals surface area contributed by atoms with Gasteiger partial charge in [0.25, 0.3) is 0 Å². The summed E-state index contributed by atoms with van der Waals surface area (Å²) in [7, 11) is 0. The number of rotatable bonds is 3. The van der Waals surface area contributed by atoms with Crippen LogP contribution < -0.4 is 4.90 Å². The molecule has 2 saturated heterocycles. The Morgan fingerprint density at radius 1 is 1.21 bits per heavy atom. The smallest absolute Gasteiger partial charge is 0.128 e. The molecular formula is C19H25N3OS. The van der Waals surface area contributed by atoms with Crippen LogP contribution in [-0.2, 0) is 11.3 Å². The van der Waals surface area contributed by atoms with Crippen molar-refractivity contribution in [3.8, 4) is 0 Å². The highest BCUT2D eigenvalue weighted by molar-refractivity contribution is 7.11. The Morgan fingerprint density at radius 3 is 2.96 bits per heavy atom. The van der Waals surface area contributed by atoms with Gasteiger partial charge >= 0.3 is 0 Å². The van der Waals surface area contributed by atoms with Crippen LogP contribution in [0.1, 0.15) is 16.2 Å². The second-order valence-electron chi connectivity index (χ2n) is 7.14. The number of anilines is 1. The fraction of sp³-hybridized carbons (Fsp3) is 0.526. The van der Waals surface area contributed by atoms with Gasteiger partial charge in [-0.1, -0.05) is 6.07 Å². The van der Waals surface area contributed by atoms with E-state index >= 15 is 0 Å². The number of hydrogen-bond donors (Lipinski definition) is 0. The van der Waals surface area contributed by atoms with E-state index in [1.807, 2.05) is 23.6 Å². The van der Waals surface area contributed by atoms with Gasteiger partial charge in [-0.15, -0.1) is 11.3 Å². The maximum Gasteiger partial charge on any atom is 0.128 e. The van der Waals surface area contributed by atoms with Crippen LogP contribution in [0.2, 0.25) is 0 Å². The minimum atomic E-state index is 0.236. The Hall–Kier alpha value is -1.43. The SMILES string of the molecule is Cc1ccc(CN2CCOC[C@@]3(CCN(c4ccccn4)C3)C2)s1. The molecule has 0 aliphatic carbocycles. The Balaban J connectivity index is 1.46. The van der Waals surface area contributed by atoms with Gasteiger partial charge in [-0.25, -0.2) is 4.98 Å². The maximum atomic E-state index is 6.00. The van der Waals surface area contributed by atoms with Crippen LogP contribution in [0.15, 0.2) is 36.5 Å². The number of nitrogens with zero attached hydrogens (tertiary/aromatic N) is 3. The van der Waals surface area contributed by atoms with Crippen LogP contribution in [0.4, 0.5) is 5.82 Å². The van der Waals surface area contributed by atoms with Gasteiger partial charge in [0.05, 0.1) is 13.2 Å². The van der Waals surface area contributed by atoms with Gasteiger partial charge in [0.2, 0.25) is 0 Å². The van der Waals surface area contributed by atoms with E-state index in [0.29, 0.717) is 0 Å². The van der Waals surface area contributed by atoms with Crippen molar-refractivity contribution in [2.45, 2.75) is 19.9 Å². The fourth-order valence-corrected chi connectivity index (χ4v) is 4.86. The summed E-state index contributed by atoms with van der Waals surface area (Å²) >= 11 is 1.91. The Morgan fingerprint density at radius 2 is 2.17 bits per heavy atom. The standard InChI is InChI=1S/C19H25N3OS/c1-16-5-6-17(24-16)12-21-10-11-23-15-19(13-21)7-9-22(14-19)18-4-2-3-8-20-18/h2-6,8H,7,9-15H2,1H3/t19-/m0/s1. The third-order valence-corrected chi connectivity index (χ3v) is 6.09. The zero-order chi connectivity index (χ0) is 16.4. The molecule has 4 nitrogen and oxygen atoms in total.